The zero-order valence-corrected chi connectivity index (χ0v) is 18.9. The van der Waals surface area contributed by atoms with Crippen molar-refractivity contribution in [2.75, 3.05) is 31.3 Å². The number of sulfonamides is 1. The number of methoxy groups -OCH3 is 1. The lowest BCUT2D eigenvalue weighted by Gasteiger charge is -2.30. The van der Waals surface area contributed by atoms with E-state index in [1.807, 2.05) is 0 Å². The second-order valence-electron chi connectivity index (χ2n) is 7.24. The van der Waals surface area contributed by atoms with E-state index in [2.05, 4.69) is 5.32 Å². The van der Waals surface area contributed by atoms with Crippen LogP contribution in [0.1, 0.15) is 12.8 Å². The molecule has 0 saturated carbocycles. The van der Waals surface area contributed by atoms with Crippen molar-refractivity contribution < 1.29 is 31.1 Å². The van der Waals surface area contributed by atoms with E-state index in [1.165, 1.54) is 29.6 Å². The van der Waals surface area contributed by atoms with Gasteiger partial charge in [0.2, 0.25) is 15.9 Å². The maximum absolute atomic E-state index is 12.8. The number of amides is 1. The van der Waals surface area contributed by atoms with Crippen LogP contribution in [-0.4, -0.2) is 50.8 Å². The highest BCUT2D eigenvalue weighted by molar-refractivity contribution is 7.99. The van der Waals surface area contributed by atoms with Crippen LogP contribution in [0.25, 0.3) is 0 Å². The van der Waals surface area contributed by atoms with Crippen LogP contribution in [-0.2, 0) is 14.8 Å². The minimum atomic E-state index is -4.32. The Morgan fingerprint density at radius 1 is 1.12 bits per heavy atom. The summed E-state index contributed by atoms with van der Waals surface area (Å²) in [6.45, 7) is 0.355. The third-order valence-electron chi connectivity index (χ3n) is 5.06. The molecular formula is C21H23F3N2O4S2. The molecule has 0 aromatic heterocycles. The predicted molar refractivity (Wildman–Crippen MR) is 116 cm³/mol. The zero-order chi connectivity index (χ0) is 23.4. The monoisotopic (exact) mass is 488 g/mol. The van der Waals surface area contributed by atoms with Crippen LogP contribution in [0.2, 0.25) is 0 Å². The molecule has 1 aliphatic heterocycles. The number of piperidine rings is 1. The van der Waals surface area contributed by atoms with Crippen molar-refractivity contribution in [3.05, 3.63) is 48.5 Å². The minimum Gasteiger partial charge on any atom is -0.497 e. The Bertz CT molecular complexity index is 1040. The van der Waals surface area contributed by atoms with E-state index in [4.69, 9.17) is 4.74 Å². The highest BCUT2D eigenvalue weighted by atomic mass is 32.2. The number of para-hydroxylation sites is 1. The minimum absolute atomic E-state index is 0.150. The van der Waals surface area contributed by atoms with Crippen molar-refractivity contribution in [2.45, 2.75) is 28.8 Å². The average Bonchev–Trinajstić information content (AvgIpc) is 2.78. The molecule has 1 N–H and O–H groups in total. The number of nitrogens with one attached hydrogen (secondary N) is 1. The molecule has 1 amide bonds. The van der Waals surface area contributed by atoms with E-state index in [1.54, 1.807) is 30.3 Å². The molecule has 3 rings (SSSR count). The number of alkyl halides is 3. The van der Waals surface area contributed by atoms with Gasteiger partial charge in [0.25, 0.3) is 0 Å². The van der Waals surface area contributed by atoms with Crippen molar-refractivity contribution in [2.24, 2.45) is 5.92 Å². The normalized spacial score (nSPS) is 16.0. The van der Waals surface area contributed by atoms with Gasteiger partial charge in [0.1, 0.15) is 5.75 Å². The molecule has 0 aliphatic carbocycles. The van der Waals surface area contributed by atoms with Gasteiger partial charge in [-0.3, -0.25) is 4.79 Å². The summed E-state index contributed by atoms with van der Waals surface area (Å²) in [7, 11) is -2.19. The van der Waals surface area contributed by atoms with Gasteiger partial charge in [0.05, 0.1) is 23.4 Å². The molecule has 1 fully saturated rings. The summed E-state index contributed by atoms with van der Waals surface area (Å²) in [5, 5.41) is 2.71. The summed E-state index contributed by atoms with van der Waals surface area (Å²) < 4.78 is 69.7. The first kappa shape index (κ1) is 24.4. The van der Waals surface area contributed by atoms with Gasteiger partial charge in [-0.15, -0.1) is 11.8 Å². The summed E-state index contributed by atoms with van der Waals surface area (Å²) in [6.07, 6.45) is -3.68. The molecule has 2 aromatic carbocycles. The first-order chi connectivity index (χ1) is 15.1. The third-order valence-corrected chi connectivity index (χ3v) is 8.11. The van der Waals surface area contributed by atoms with Crippen LogP contribution in [0.5, 0.6) is 5.75 Å². The molecule has 174 valence electrons. The highest BCUT2D eigenvalue weighted by Crippen LogP contribution is 2.33. The van der Waals surface area contributed by atoms with Crippen LogP contribution in [0.3, 0.4) is 0 Å². The van der Waals surface area contributed by atoms with E-state index in [0.717, 1.165) is 0 Å². The number of carbonyl (C=O) groups excluding carboxylic acids is 1. The number of benzene rings is 2. The van der Waals surface area contributed by atoms with Gasteiger partial charge in [0, 0.05) is 23.9 Å². The number of anilines is 1. The van der Waals surface area contributed by atoms with Gasteiger partial charge in [-0.2, -0.15) is 17.5 Å². The largest absolute Gasteiger partial charge is 0.497 e. The topological polar surface area (TPSA) is 75.7 Å². The number of ether oxygens (including phenoxy) is 1. The predicted octanol–water partition coefficient (Wildman–Crippen LogP) is 4.39. The summed E-state index contributed by atoms with van der Waals surface area (Å²) >= 11 is 0.610. The molecule has 1 aliphatic rings. The number of hydrogen-bond acceptors (Lipinski definition) is 5. The number of hydrogen-bond donors (Lipinski definition) is 1. The molecule has 11 heteroatoms. The SMILES string of the molecule is COc1ccc(S(=O)(=O)N2CCC(C(=O)Nc3ccccc3SCC(F)(F)F)CC2)cc1. The smallest absolute Gasteiger partial charge is 0.398 e. The lowest BCUT2D eigenvalue weighted by Crippen LogP contribution is -2.41. The first-order valence-corrected chi connectivity index (χ1v) is 12.3. The van der Waals surface area contributed by atoms with Crippen LogP contribution in [0, 0.1) is 5.92 Å². The van der Waals surface area contributed by atoms with E-state index < -0.39 is 27.9 Å². The molecule has 2 aromatic rings. The highest BCUT2D eigenvalue weighted by Gasteiger charge is 2.32. The van der Waals surface area contributed by atoms with Crippen molar-refractivity contribution in [3.63, 3.8) is 0 Å². The lowest BCUT2D eigenvalue weighted by molar-refractivity contribution is -0.121. The zero-order valence-electron chi connectivity index (χ0n) is 17.3. The average molecular weight is 489 g/mol. The summed E-state index contributed by atoms with van der Waals surface area (Å²) in [4.78, 5) is 13.2. The maximum atomic E-state index is 12.8. The number of thioether (sulfide) groups is 1. The van der Waals surface area contributed by atoms with E-state index in [-0.39, 0.29) is 23.9 Å². The molecule has 0 bridgehead atoms. The second kappa shape index (κ2) is 10.1. The lowest BCUT2D eigenvalue weighted by atomic mass is 9.97. The third kappa shape index (κ3) is 6.17. The fraction of sp³-hybridized carbons (Fsp3) is 0.381. The van der Waals surface area contributed by atoms with Crippen LogP contribution in [0.4, 0.5) is 18.9 Å². The second-order valence-corrected chi connectivity index (χ2v) is 10.2. The Balaban J connectivity index is 1.60. The quantitative estimate of drug-likeness (QED) is 0.585. The van der Waals surface area contributed by atoms with E-state index >= 15 is 0 Å². The van der Waals surface area contributed by atoms with Crippen molar-refractivity contribution in [1.29, 1.82) is 0 Å². The molecule has 1 saturated heterocycles. The van der Waals surface area contributed by atoms with Gasteiger partial charge in [-0.05, 0) is 49.2 Å². The van der Waals surface area contributed by atoms with Gasteiger partial charge in [0.15, 0.2) is 0 Å². The number of carbonyl (C=O) groups is 1. The molecule has 0 atom stereocenters. The number of halogens is 3. The van der Waals surface area contributed by atoms with Crippen LogP contribution < -0.4 is 10.1 Å². The fourth-order valence-electron chi connectivity index (χ4n) is 3.35. The molecule has 1 heterocycles. The van der Waals surface area contributed by atoms with E-state index in [0.29, 0.717) is 40.9 Å². The Morgan fingerprint density at radius 3 is 2.34 bits per heavy atom. The molecule has 6 nitrogen and oxygen atoms in total. The van der Waals surface area contributed by atoms with Crippen LogP contribution in [0.15, 0.2) is 58.3 Å². The van der Waals surface area contributed by atoms with Crippen molar-refractivity contribution in [3.8, 4) is 5.75 Å². The molecule has 0 unspecified atom stereocenters. The number of nitrogens with zero attached hydrogens (tertiary/aromatic N) is 1. The Morgan fingerprint density at radius 2 is 1.75 bits per heavy atom. The Hall–Kier alpha value is -2.24. The molecular weight excluding hydrogens is 465 g/mol. The van der Waals surface area contributed by atoms with Gasteiger partial charge in [-0.25, -0.2) is 8.42 Å². The standard InChI is InChI=1S/C21H23F3N2O4S2/c1-30-16-6-8-17(9-7-16)32(28,29)26-12-10-15(11-13-26)20(27)25-18-4-2-3-5-19(18)31-14-21(22,23)24/h2-9,15H,10-14H2,1H3,(H,25,27). The van der Waals surface area contributed by atoms with Crippen molar-refractivity contribution >= 4 is 33.4 Å². The van der Waals surface area contributed by atoms with Crippen LogP contribution >= 0.6 is 11.8 Å². The number of rotatable bonds is 7. The molecule has 32 heavy (non-hydrogen) atoms. The maximum Gasteiger partial charge on any atom is 0.398 e. The van der Waals surface area contributed by atoms with Gasteiger partial charge in [-0.1, -0.05) is 12.1 Å². The van der Waals surface area contributed by atoms with Gasteiger partial charge >= 0.3 is 6.18 Å². The molecule has 0 spiro atoms. The van der Waals surface area contributed by atoms with E-state index in [9.17, 15) is 26.4 Å². The Kier molecular flexibility index (Phi) is 7.73. The summed E-state index contributed by atoms with van der Waals surface area (Å²) in [5.74, 6) is -1.26. The fourth-order valence-corrected chi connectivity index (χ4v) is 5.58. The Labute approximate surface area is 189 Å². The summed E-state index contributed by atoms with van der Waals surface area (Å²) in [6, 6.07) is 12.4. The van der Waals surface area contributed by atoms with Crippen molar-refractivity contribution in [1.82, 2.24) is 4.31 Å². The van der Waals surface area contributed by atoms with Gasteiger partial charge < -0.3 is 10.1 Å². The summed E-state index contributed by atoms with van der Waals surface area (Å²) in [5.41, 5.74) is 0.319. The molecule has 0 radical (unpaired) electrons. The first-order valence-electron chi connectivity index (χ1n) is 9.84.